The number of hydroxylamine groups is 1. The lowest BCUT2D eigenvalue weighted by atomic mass is 10.1. The molecule has 0 aromatic carbocycles. The minimum atomic E-state index is -0.533. The maximum atomic E-state index is 11.6. The van der Waals surface area contributed by atoms with Crippen LogP contribution in [-0.4, -0.2) is 28.6 Å². The lowest BCUT2D eigenvalue weighted by Crippen LogP contribution is -2.39. The third-order valence-electron chi connectivity index (χ3n) is 3.16. The third kappa shape index (κ3) is 8.40. The molecule has 0 spiro atoms. The highest BCUT2D eigenvalue weighted by Crippen LogP contribution is 2.07. The number of amides is 1. The number of rotatable bonds is 10. The zero-order chi connectivity index (χ0) is 14.7. The van der Waals surface area contributed by atoms with Crippen molar-refractivity contribution >= 4 is 5.91 Å². The van der Waals surface area contributed by atoms with Crippen LogP contribution in [0.4, 0.5) is 0 Å². The summed E-state index contributed by atoms with van der Waals surface area (Å²) < 4.78 is 0. The van der Waals surface area contributed by atoms with Crippen molar-refractivity contribution in [2.45, 2.75) is 65.3 Å². The molecular weight excluding hydrogens is 246 g/mol. The van der Waals surface area contributed by atoms with Gasteiger partial charge in [-0.2, -0.15) is 0 Å². The van der Waals surface area contributed by atoms with E-state index in [1.165, 1.54) is 12.8 Å². The third-order valence-corrected chi connectivity index (χ3v) is 3.16. The molecule has 0 saturated heterocycles. The molecule has 1 atom stereocenters. The van der Waals surface area contributed by atoms with Gasteiger partial charge in [0.15, 0.2) is 5.28 Å². The fraction of sp³-hybridized carbons (Fsp3) is 0.923. The highest BCUT2D eigenvalue weighted by molar-refractivity contribution is 5.75. The topological polar surface area (TPSA) is 87.8 Å². The monoisotopic (exact) mass is 273 g/mol. The normalized spacial score (nSPS) is 13.6. The largest absolute Gasteiger partial charge is 0.597 e. The summed E-state index contributed by atoms with van der Waals surface area (Å²) in [6, 6.07) is -0.533. The average molecular weight is 273 g/mol. The number of nitrogens with one attached hydrogen (secondary N) is 1. The van der Waals surface area contributed by atoms with Gasteiger partial charge in [-0.25, -0.2) is 0 Å². The Hall–Kier alpha value is -1.33. The predicted octanol–water partition coefficient (Wildman–Crippen LogP) is 2.84. The Bertz CT molecular complexity index is 280. The number of carbonyl (C=O) groups is 1. The lowest BCUT2D eigenvalue weighted by molar-refractivity contribution is -0.596. The molecule has 0 aromatic rings. The quantitative estimate of drug-likeness (QED) is 0.278. The number of carbonyl (C=O) groups excluding carboxylic acids is 1. The van der Waals surface area contributed by atoms with Gasteiger partial charge in [-0.15, -0.1) is 0 Å². The summed E-state index contributed by atoms with van der Waals surface area (Å²) in [7, 11) is 0. The molecule has 19 heavy (non-hydrogen) atoms. The van der Waals surface area contributed by atoms with Crippen LogP contribution >= 0.6 is 0 Å². The minimum Gasteiger partial charge on any atom is -0.597 e. The molecule has 0 saturated carbocycles. The molecule has 0 unspecified atom stereocenters. The first kappa shape index (κ1) is 17.7. The molecule has 0 aliphatic rings. The van der Waals surface area contributed by atoms with Crippen LogP contribution in [0.2, 0.25) is 0 Å². The fourth-order valence-electron chi connectivity index (χ4n) is 1.83. The molecule has 6 heteroatoms. The second-order valence-corrected chi connectivity index (χ2v) is 5.17. The highest BCUT2D eigenvalue weighted by Gasteiger charge is 2.23. The number of hydrogen-bond acceptors (Lipinski definition) is 3. The molecular formula is C13H27N3O3. The molecule has 6 nitrogen and oxygen atoms in total. The van der Waals surface area contributed by atoms with Crippen molar-refractivity contribution in [1.82, 2.24) is 5.32 Å². The van der Waals surface area contributed by atoms with Crippen LogP contribution in [-0.2, 0) is 4.79 Å². The molecule has 0 aromatic heterocycles. The van der Waals surface area contributed by atoms with E-state index in [0.717, 1.165) is 19.3 Å². The Balaban J connectivity index is 3.87. The molecule has 0 fully saturated rings. The van der Waals surface area contributed by atoms with Crippen molar-refractivity contribution < 1.29 is 14.9 Å². The first-order chi connectivity index (χ1) is 9.02. The van der Waals surface area contributed by atoms with Crippen molar-refractivity contribution in [3.8, 4) is 0 Å². The van der Waals surface area contributed by atoms with Gasteiger partial charge >= 0.3 is 0 Å². The van der Waals surface area contributed by atoms with Crippen molar-refractivity contribution in [3.05, 3.63) is 5.21 Å². The maximum Gasteiger partial charge on any atom is 0.220 e. The van der Waals surface area contributed by atoms with Crippen LogP contribution in [0.25, 0.3) is 0 Å². The first-order valence-electron chi connectivity index (χ1n) is 7.11. The van der Waals surface area contributed by atoms with Gasteiger partial charge in [0.1, 0.15) is 0 Å². The number of nitrogens with zero attached hydrogens (tertiary/aromatic N) is 2. The van der Waals surface area contributed by atoms with Gasteiger partial charge in [-0.1, -0.05) is 51.3 Å². The summed E-state index contributed by atoms with van der Waals surface area (Å²) in [4.78, 5) is 11.8. The summed E-state index contributed by atoms with van der Waals surface area (Å²) in [5.74, 6) is -0.0493. The molecule has 0 aliphatic carbocycles. The van der Waals surface area contributed by atoms with Gasteiger partial charge in [-0.05, 0) is 6.42 Å². The SMILES string of the molecule is CCCCCCCC(=O)NC[C@H](C(C)C)[N+]([O-])=NO. The Kier molecular flexibility index (Phi) is 9.84. The highest BCUT2D eigenvalue weighted by atomic mass is 16.6. The van der Waals surface area contributed by atoms with E-state index in [2.05, 4.69) is 17.5 Å². The minimum absolute atomic E-state index is 0.00162. The first-order valence-corrected chi connectivity index (χ1v) is 7.11. The van der Waals surface area contributed by atoms with Crippen molar-refractivity contribution in [2.75, 3.05) is 6.54 Å². The molecule has 0 rings (SSSR count). The molecule has 0 aliphatic heterocycles. The summed E-state index contributed by atoms with van der Waals surface area (Å²) >= 11 is 0. The van der Waals surface area contributed by atoms with E-state index in [9.17, 15) is 10.0 Å². The lowest BCUT2D eigenvalue weighted by Gasteiger charge is -2.16. The zero-order valence-corrected chi connectivity index (χ0v) is 12.3. The van der Waals surface area contributed by atoms with E-state index < -0.39 is 6.04 Å². The smallest absolute Gasteiger partial charge is 0.220 e. The predicted molar refractivity (Wildman–Crippen MR) is 72.9 cm³/mol. The van der Waals surface area contributed by atoms with Crippen LogP contribution < -0.4 is 5.32 Å². The Morgan fingerprint density at radius 2 is 1.95 bits per heavy atom. The van der Waals surface area contributed by atoms with E-state index >= 15 is 0 Å². The van der Waals surface area contributed by atoms with Crippen molar-refractivity contribution in [3.63, 3.8) is 0 Å². The number of unbranched alkanes of at least 4 members (excludes halogenated alkanes) is 4. The van der Waals surface area contributed by atoms with Gasteiger partial charge in [0, 0.05) is 12.3 Å². The Morgan fingerprint density at radius 3 is 2.47 bits per heavy atom. The molecule has 112 valence electrons. The molecule has 2 N–H and O–H groups in total. The van der Waals surface area contributed by atoms with E-state index in [1.807, 2.05) is 13.8 Å². The Labute approximate surface area is 115 Å². The van der Waals surface area contributed by atoms with E-state index in [4.69, 9.17) is 5.21 Å². The van der Waals surface area contributed by atoms with Crippen molar-refractivity contribution in [2.24, 2.45) is 11.2 Å². The van der Waals surface area contributed by atoms with Crippen LogP contribution in [0, 0.1) is 11.1 Å². The van der Waals surface area contributed by atoms with E-state index in [0.29, 0.717) is 6.42 Å². The van der Waals surface area contributed by atoms with Gasteiger partial charge in [0.25, 0.3) is 0 Å². The number of hydrogen-bond donors (Lipinski definition) is 2. The van der Waals surface area contributed by atoms with Crippen LogP contribution in [0.1, 0.15) is 59.3 Å². The second kappa shape index (κ2) is 10.6. The molecule has 0 radical (unpaired) electrons. The van der Waals surface area contributed by atoms with Gasteiger partial charge < -0.3 is 15.7 Å². The molecule has 1 amide bonds. The Morgan fingerprint density at radius 1 is 1.32 bits per heavy atom. The van der Waals surface area contributed by atoms with Gasteiger partial charge in [0.05, 0.1) is 6.54 Å². The van der Waals surface area contributed by atoms with Gasteiger partial charge in [-0.3, -0.25) is 4.79 Å². The van der Waals surface area contributed by atoms with Crippen LogP contribution in [0.3, 0.4) is 0 Å². The van der Waals surface area contributed by atoms with E-state index in [-0.39, 0.29) is 23.2 Å². The summed E-state index contributed by atoms with van der Waals surface area (Å²) in [6.45, 7) is 6.05. The summed E-state index contributed by atoms with van der Waals surface area (Å²) in [5, 5.41) is 25.0. The summed E-state index contributed by atoms with van der Waals surface area (Å²) in [6.07, 6.45) is 5.99. The maximum absolute atomic E-state index is 11.6. The fourth-order valence-corrected chi connectivity index (χ4v) is 1.83. The molecule has 0 heterocycles. The standard InChI is InChI=1S/C13H27N3O3/c1-4-5-6-7-8-9-13(17)14-10-12(11(2)3)16(19)15-18/h11-12,18H,4-10H2,1-3H3,(H,14,17)/t12-/m1/s1. The van der Waals surface area contributed by atoms with Crippen molar-refractivity contribution in [1.29, 1.82) is 0 Å². The molecule has 0 bridgehead atoms. The average Bonchev–Trinajstić information content (AvgIpc) is 2.37. The van der Waals surface area contributed by atoms with Crippen LogP contribution in [0.5, 0.6) is 0 Å². The summed E-state index contributed by atoms with van der Waals surface area (Å²) in [5.41, 5.74) is 0. The van der Waals surface area contributed by atoms with E-state index in [1.54, 1.807) is 0 Å². The second-order valence-electron chi connectivity index (χ2n) is 5.17. The van der Waals surface area contributed by atoms with Gasteiger partial charge in [0.2, 0.25) is 11.9 Å². The van der Waals surface area contributed by atoms with Crippen LogP contribution in [0.15, 0.2) is 5.28 Å². The zero-order valence-electron chi connectivity index (χ0n) is 12.3.